The molecule has 0 aromatic carbocycles. The third kappa shape index (κ3) is 7.06. The van der Waals surface area contributed by atoms with Crippen LogP contribution in [0.2, 0.25) is 0 Å². The van der Waals surface area contributed by atoms with Gasteiger partial charge in [0, 0.05) is 5.57 Å². The fourth-order valence-corrected chi connectivity index (χ4v) is 3.29. The van der Waals surface area contributed by atoms with Gasteiger partial charge in [0.25, 0.3) is 0 Å². The molecule has 4 heteroatoms. The molecule has 1 rings (SSSR count). The van der Waals surface area contributed by atoms with Crippen LogP contribution < -0.4 is 0 Å². The molecule has 138 valence electrons. The first kappa shape index (κ1) is 20.7. The van der Waals surface area contributed by atoms with Crippen LogP contribution in [0.3, 0.4) is 0 Å². The molecule has 0 radical (unpaired) electrons. The zero-order valence-electron chi connectivity index (χ0n) is 15.5. The maximum absolute atomic E-state index is 11.8. The predicted molar refractivity (Wildman–Crippen MR) is 95.6 cm³/mol. The molecule has 0 saturated carbocycles. The summed E-state index contributed by atoms with van der Waals surface area (Å²) in [5, 5.41) is 0. The Hall–Kier alpha value is -1.32. The van der Waals surface area contributed by atoms with E-state index in [1.54, 1.807) is 0 Å². The van der Waals surface area contributed by atoms with Crippen molar-refractivity contribution < 1.29 is 19.1 Å². The minimum atomic E-state index is -0.620. The van der Waals surface area contributed by atoms with Crippen molar-refractivity contribution in [3.8, 4) is 0 Å². The van der Waals surface area contributed by atoms with E-state index in [4.69, 9.17) is 9.47 Å². The van der Waals surface area contributed by atoms with Crippen LogP contribution in [-0.2, 0) is 19.1 Å². The summed E-state index contributed by atoms with van der Waals surface area (Å²) in [5.74, 6) is -1.50. The minimum absolute atomic E-state index is 0.231. The summed E-state index contributed by atoms with van der Waals surface area (Å²) in [5.41, 5.74) is 0.231. The highest BCUT2D eigenvalue weighted by Crippen LogP contribution is 2.31. The number of hydrogen-bond acceptors (Lipinski definition) is 4. The molecule has 1 fully saturated rings. The highest BCUT2D eigenvalue weighted by molar-refractivity contribution is 5.98. The van der Waals surface area contributed by atoms with Crippen LogP contribution in [0.1, 0.15) is 84.0 Å². The molecule has 1 aliphatic heterocycles. The lowest BCUT2D eigenvalue weighted by Crippen LogP contribution is -2.26. The quantitative estimate of drug-likeness (QED) is 0.271. The first-order chi connectivity index (χ1) is 11.6. The molecule has 0 unspecified atom stereocenters. The van der Waals surface area contributed by atoms with Crippen molar-refractivity contribution in [2.75, 3.05) is 7.11 Å². The average Bonchev–Trinajstić information content (AvgIpc) is 2.86. The molecule has 0 aromatic heterocycles. The molecule has 0 N–H and O–H groups in total. The molecule has 1 aliphatic rings. The van der Waals surface area contributed by atoms with Crippen molar-refractivity contribution in [3.05, 3.63) is 12.2 Å². The second kappa shape index (κ2) is 12.1. The highest BCUT2D eigenvalue weighted by Gasteiger charge is 2.43. The summed E-state index contributed by atoms with van der Waals surface area (Å²) in [4.78, 5) is 23.4. The third-order valence-corrected chi connectivity index (χ3v) is 4.82. The van der Waals surface area contributed by atoms with E-state index in [2.05, 4.69) is 13.5 Å². The maximum Gasteiger partial charge on any atom is 0.334 e. The van der Waals surface area contributed by atoms with Crippen LogP contribution in [0.5, 0.6) is 0 Å². The lowest BCUT2D eigenvalue weighted by atomic mass is 9.93. The minimum Gasteiger partial charge on any atom is -0.468 e. The number of methoxy groups -OCH3 is 1. The summed E-state index contributed by atoms with van der Waals surface area (Å²) in [7, 11) is 1.33. The number of cyclic esters (lactones) is 1. The van der Waals surface area contributed by atoms with E-state index in [0.717, 1.165) is 12.8 Å². The van der Waals surface area contributed by atoms with Gasteiger partial charge in [0.15, 0.2) is 0 Å². The van der Waals surface area contributed by atoms with Gasteiger partial charge in [-0.25, -0.2) is 4.79 Å². The second-order valence-corrected chi connectivity index (χ2v) is 6.79. The number of rotatable bonds is 13. The zero-order chi connectivity index (χ0) is 17.8. The Balaban J connectivity index is 2.07. The maximum atomic E-state index is 11.8. The van der Waals surface area contributed by atoms with Crippen molar-refractivity contribution in [3.63, 3.8) is 0 Å². The SMILES string of the molecule is C=C1C(=O)O[C@@H](CCCCCCCCCCCCC)[C@@H]1C(=O)OC. The number of carbonyl (C=O) groups excluding carboxylic acids is 2. The molecule has 0 bridgehead atoms. The summed E-state index contributed by atoms with van der Waals surface area (Å²) in [6.45, 7) is 5.91. The number of ether oxygens (including phenoxy) is 2. The van der Waals surface area contributed by atoms with Gasteiger partial charge < -0.3 is 9.47 Å². The van der Waals surface area contributed by atoms with Crippen molar-refractivity contribution in [1.82, 2.24) is 0 Å². The molecular weight excluding hydrogens is 304 g/mol. The molecule has 0 spiro atoms. The molecular formula is C20H34O4. The number of esters is 2. The van der Waals surface area contributed by atoms with Crippen LogP contribution >= 0.6 is 0 Å². The van der Waals surface area contributed by atoms with Gasteiger partial charge in [-0.15, -0.1) is 0 Å². The van der Waals surface area contributed by atoms with Crippen molar-refractivity contribution in [1.29, 1.82) is 0 Å². The smallest absolute Gasteiger partial charge is 0.334 e. The molecule has 0 aliphatic carbocycles. The van der Waals surface area contributed by atoms with Crippen LogP contribution in [0, 0.1) is 5.92 Å². The van der Waals surface area contributed by atoms with Crippen LogP contribution in [-0.4, -0.2) is 25.2 Å². The summed E-state index contributed by atoms with van der Waals surface area (Å²) < 4.78 is 10.0. The lowest BCUT2D eigenvalue weighted by Gasteiger charge is -2.15. The molecule has 0 aromatic rings. The van der Waals surface area contributed by atoms with Gasteiger partial charge in [-0.05, 0) is 12.8 Å². The zero-order valence-corrected chi connectivity index (χ0v) is 15.5. The molecule has 1 saturated heterocycles. The third-order valence-electron chi connectivity index (χ3n) is 4.82. The van der Waals surface area contributed by atoms with Crippen LogP contribution in [0.25, 0.3) is 0 Å². The normalized spacial score (nSPS) is 20.2. The van der Waals surface area contributed by atoms with Gasteiger partial charge >= 0.3 is 11.9 Å². The summed E-state index contributed by atoms with van der Waals surface area (Å²) in [6.07, 6.45) is 14.3. The molecule has 1 heterocycles. The number of unbranched alkanes of at least 4 members (excludes halogenated alkanes) is 10. The standard InChI is InChI=1S/C20H34O4/c1-4-5-6-7-8-9-10-11-12-13-14-15-17-18(20(22)23-3)16(2)19(21)24-17/h17-18H,2,4-15H2,1,3H3/t17-,18+/m0/s1. The monoisotopic (exact) mass is 338 g/mol. The molecule has 0 amide bonds. The predicted octanol–water partition coefficient (Wildman–Crippen LogP) is 4.96. The number of hydrogen-bond donors (Lipinski definition) is 0. The van der Waals surface area contributed by atoms with Crippen molar-refractivity contribution in [2.24, 2.45) is 5.92 Å². The summed E-state index contributed by atoms with van der Waals surface area (Å²) in [6, 6.07) is 0. The van der Waals surface area contributed by atoms with E-state index >= 15 is 0 Å². The first-order valence-electron chi connectivity index (χ1n) is 9.59. The van der Waals surface area contributed by atoms with E-state index < -0.39 is 24.0 Å². The Kier molecular flexibility index (Phi) is 10.4. The highest BCUT2D eigenvalue weighted by atomic mass is 16.6. The Bertz CT molecular complexity index is 402. The topological polar surface area (TPSA) is 52.6 Å². The molecule has 2 atom stereocenters. The number of carbonyl (C=O) groups is 2. The second-order valence-electron chi connectivity index (χ2n) is 6.79. The Morgan fingerprint density at radius 1 is 1.00 bits per heavy atom. The van der Waals surface area contributed by atoms with E-state index in [-0.39, 0.29) is 5.57 Å². The summed E-state index contributed by atoms with van der Waals surface area (Å²) >= 11 is 0. The fraction of sp³-hybridized carbons (Fsp3) is 0.800. The lowest BCUT2D eigenvalue weighted by molar-refractivity contribution is -0.147. The van der Waals surface area contributed by atoms with E-state index in [1.807, 2.05) is 0 Å². The van der Waals surface area contributed by atoms with Gasteiger partial charge in [0.2, 0.25) is 0 Å². The molecule has 24 heavy (non-hydrogen) atoms. The van der Waals surface area contributed by atoms with Gasteiger partial charge in [0.1, 0.15) is 12.0 Å². The average molecular weight is 338 g/mol. The van der Waals surface area contributed by atoms with Gasteiger partial charge in [0.05, 0.1) is 7.11 Å². The molecule has 4 nitrogen and oxygen atoms in total. The van der Waals surface area contributed by atoms with E-state index in [9.17, 15) is 9.59 Å². The van der Waals surface area contributed by atoms with E-state index in [1.165, 1.54) is 64.9 Å². The van der Waals surface area contributed by atoms with Crippen LogP contribution in [0.15, 0.2) is 12.2 Å². The van der Waals surface area contributed by atoms with Crippen LogP contribution in [0.4, 0.5) is 0 Å². The van der Waals surface area contributed by atoms with Crippen molar-refractivity contribution >= 4 is 11.9 Å². The Labute approximate surface area is 147 Å². The van der Waals surface area contributed by atoms with Gasteiger partial charge in [-0.2, -0.15) is 0 Å². The van der Waals surface area contributed by atoms with Gasteiger partial charge in [-0.1, -0.05) is 77.7 Å². The van der Waals surface area contributed by atoms with Gasteiger partial charge in [-0.3, -0.25) is 4.79 Å². The fourth-order valence-electron chi connectivity index (χ4n) is 3.29. The first-order valence-corrected chi connectivity index (χ1v) is 9.59. The Morgan fingerprint density at radius 3 is 2.00 bits per heavy atom. The van der Waals surface area contributed by atoms with E-state index in [0.29, 0.717) is 6.42 Å². The Morgan fingerprint density at radius 2 is 1.50 bits per heavy atom. The largest absolute Gasteiger partial charge is 0.468 e. The van der Waals surface area contributed by atoms with Crippen molar-refractivity contribution in [2.45, 2.75) is 90.1 Å².